The number of rotatable bonds is 2. The second-order valence-electron chi connectivity index (χ2n) is 3.29. The van der Waals surface area contributed by atoms with Crippen LogP contribution in [0.2, 0.25) is 10.2 Å². The third kappa shape index (κ3) is 3.09. The average molecular weight is 394 g/mol. The molecule has 0 spiro atoms. The first kappa shape index (κ1) is 13.5. The van der Waals surface area contributed by atoms with Crippen molar-refractivity contribution in [1.29, 1.82) is 0 Å². The fourth-order valence-corrected chi connectivity index (χ4v) is 1.85. The Bertz CT molecular complexity index is 589. The maximum absolute atomic E-state index is 11.9. The standard InChI is InChI=1S/C11H6Cl2IN3O/c12-8-9(13)15-5-16-10(8)17-11(18)6-1-3-7(14)4-2-6/h1-5H,(H,15,16,17,18). The third-order valence-corrected chi connectivity index (χ3v) is 3.55. The van der Waals surface area contributed by atoms with Gasteiger partial charge in [0.15, 0.2) is 11.0 Å². The first-order valence-corrected chi connectivity index (χ1v) is 6.64. The zero-order valence-corrected chi connectivity index (χ0v) is 12.5. The second-order valence-corrected chi connectivity index (χ2v) is 5.27. The molecule has 0 bridgehead atoms. The number of carbonyl (C=O) groups is 1. The summed E-state index contributed by atoms with van der Waals surface area (Å²) in [6.45, 7) is 0. The average Bonchev–Trinajstić information content (AvgIpc) is 2.36. The Balaban J connectivity index is 2.21. The number of halogens is 3. The molecule has 2 rings (SSSR count). The SMILES string of the molecule is O=C(Nc1ncnc(Cl)c1Cl)c1ccc(I)cc1. The van der Waals surface area contributed by atoms with Crippen LogP contribution in [0.3, 0.4) is 0 Å². The van der Waals surface area contributed by atoms with Crippen LogP contribution in [-0.2, 0) is 0 Å². The van der Waals surface area contributed by atoms with E-state index in [-0.39, 0.29) is 21.9 Å². The molecule has 1 amide bonds. The summed E-state index contributed by atoms with van der Waals surface area (Å²) in [6.07, 6.45) is 1.23. The van der Waals surface area contributed by atoms with Crippen molar-refractivity contribution < 1.29 is 4.79 Å². The van der Waals surface area contributed by atoms with Crippen molar-refractivity contribution in [2.24, 2.45) is 0 Å². The summed E-state index contributed by atoms with van der Waals surface area (Å²) in [4.78, 5) is 19.5. The minimum Gasteiger partial charge on any atom is -0.305 e. The van der Waals surface area contributed by atoms with Crippen molar-refractivity contribution in [2.75, 3.05) is 5.32 Å². The number of aromatic nitrogens is 2. The van der Waals surface area contributed by atoms with Crippen LogP contribution in [0.15, 0.2) is 30.6 Å². The monoisotopic (exact) mass is 393 g/mol. The van der Waals surface area contributed by atoms with E-state index in [1.807, 2.05) is 12.1 Å². The summed E-state index contributed by atoms with van der Waals surface area (Å²) in [5.41, 5.74) is 0.515. The van der Waals surface area contributed by atoms with Gasteiger partial charge in [0.2, 0.25) is 0 Å². The van der Waals surface area contributed by atoms with Crippen molar-refractivity contribution >= 4 is 57.5 Å². The van der Waals surface area contributed by atoms with Crippen LogP contribution < -0.4 is 5.32 Å². The lowest BCUT2D eigenvalue weighted by Gasteiger charge is -2.06. The second kappa shape index (κ2) is 5.81. The number of hydrogen-bond acceptors (Lipinski definition) is 3. The lowest BCUT2D eigenvalue weighted by atomic mass is 10.2. The summed E-state index contributed by atoms with van der Waals surface area (Å²) in [5, 5.41) is 2.80. The predicted molar refractivity (Wildman–Crippen MR) is 79.2 cm³/mol. The van der Waals surface area contributed by atoms with E-state index in [4.69, 9.17) is 23.2 Å². The Morgan fingerprint density at radius 1 is 1.17 bits per heavy atom. The minimum atomic E-state index is -0.303. The van der Waals surface area contributed by atoms with E-state index in [2.05, 4.69) is 37.9 Å². The van der Waals surface area contributed by atoms with Crippen molar-refractivity contribution in [3.05, 3.63) is 49.9 Å². The van der Waals surface area contributed by atoms with Crippen molar-refractivity contribution in [1.82, 2.24) is 9.97 Å². The van der Waals surface area contributed by atoms with Gasteiger partial charge in [-0.15, -0.1) is 0 Å². The van der Waals surface area contributed by atoms with Crippen molar-refractivity contribution in [3.8, 4) is 0 Å². The first-order valence-electron chi connectivity index (χ1n) is 4.81. The van der Waals surface area contributed by atoms with Gasteiger partial charge < -0.3 is 5.32 Å². The highest BCUT2D eigenvalue weighted by atomic mass is 127. The van der Waals surface area contributed by atoms with Gasteiger partial charge in [-0.2, -0.15) is 0 Å². The highest BCUT2D eigenvalue weighted by Crippen LogP contribution is 2.25. The summed E-state index contributed by atoms with van der Waals surface area (Å²) >= 11 is 13.8. The van der Waals surface area contributed by atoms with E-state index in [1.54, 1.807) is 12.1 Å². The van der Waals surface area contributed by atoms with Gasteiger partial charge in [-0.1, -0.05) is 23.2 Å². The van der Waals surface area contributed by atoms with Gasteiger partial charge in [0, 0.05) is 9.13 Å². The zero-order chi connectivity index (χ0) is 13.1. The van der Waals surface area contributed by atoms with E-state index in [0.29, 0.717) is 5.56 Å². The summed E-state index contributed by atoms with van der Waals surface area (Å²) in [5.74, 6) is -0.108. The predicted octanol–water partition coefficient (Wildman–Crippen LogP) is 3.64. The van der Waals surface area contributed by atoms with Crippen molar-refractivity contribution in [3.63, 3.8) is 0 Å². The molecular formula is C11H6Cl2IN3O. The molecule has 0 saturated heterocycles. The fourth-order valence-electron chi connectivity index (χ4n) is 1.22. The number of benzene rings is 1. The van der Waals surface area contributed by atoms with E-state index >= 15 is 0 Å². The maximum Gasteiger partial charge on any atom is 0.256 e. The maximum atomic E-state index is 11.9. The Morgan fingerprint density at radius 3 is 2.50 bits per heavy atom. The van der Waals surface area contributed by atoms with Crippen LogP contribution in [0.5, 0.6) is 0 Å². The molecule has 0 aliphatic rings. The van der Waals surface area contributed by atoms with Gasteiger partial charge in [0.05, 0.1) is 0 Å². The molecule has 0 aliphatic heterocycles. The molecule has 0 saturated carbocycles. The summed E-state index contributed by atoms with van der Waals surface area (Å²) in [6, 6.07) is 7.11. The molecule has 7 heteroatoms. The van der Waals surface area contributed by atoms with E-state index in [1.165, 1.54) is 6.33 Å². The van der Waals surface area contributed by atoms with Gasteiger partial charge in [-0.25, -0.2) is 9.97 Å². The smallest absolute Gasteiger partial charge is 0.256 e. The van der Waals surface area contributed by atoms with Crippen LogP contribution in [0.1, 0.15) is 10.4 Å². The number of carbonyl (C=O) groups excluding carboxylic acids is 1. The Labute approximate surface area is 127 Å². The molecule has 1 heterocycles. The number of anilines is 1. The van der Waals surface area contributed by atoms with E-state index < -0.39 is 0 Å². The quantitative estimate of drug-likeness (QED) is 0.626. The largest absolute Gasteiger partial charge is 0.305 e. The number of amides is 1. The molecule has 1 aromatic carbocycles. The van der Waals surface area contributed by atoms with Crippen LogP contribution in [0, 0.1) is 3.57 Å². The summed E-state index contributed by atoms with van der Waals surface area (Å²) in [7, 11) is 0. The Morgan fingerprint density at radius 2 is 1.83 bits per heavy atom. The topological polar surface area (TPSA) is 54.9 Å². The van der Waals surface area contributed by atoms with Gasteiger partial charge in [-0.05, 0) is 46.9 Å². The lowest BCUT2D eigenvalue weighted by molar-refractivity contribution is 0.102. The Hall–Kier alpha value is -0.920. The number of nitrogens with zero attached hydrogens (tertiary/aromatic N) is 2. The molecule has 0 aliphatic carbocycles. The van der Waals surface area contributed by atoms with Gasteiger partial charge in [0.25, 0.3) is 5.91 Å². The van der Waals surface area contributed by atoms with Crippen LogP contribution in [0.25, 0.3) is 0 Å². The molecular weight excluding hydrogens is 388 g/mol. The molecule has 4 nitrogen and oxygen atoms in total. The molecule has 0 radical (unpaired) electrons. The van der Waals surface area contributed by atoms with Gasteiger partial charge in [0.1, 0.15) is 11.3 Å². The molecule has 92 valence electrons. The lowest BCUT2D eigenvalue weighted by Crippen LogP contribution is -2.13. The molecule has 0 fully saturated rings. The molecule has 18 heavy (non-hydrogen) atoms. The van der Waals surface area contributed by atoms with Gasteiger partial charge >= 0.3 is 0 Å². The molecule has 2 aromatic rings. The van der Waals surface area contributed by atoms with Gasteiger partial charge in [-0.3, -0.25) is 4.79 Å². The highest BCUT2D eigenvalue weighted by Gasteiger charge is 2.11. The van der Waals surface area contributed by atoms with Crippen molar-refractivity contribution in [2.45, 2.75) is 0 Å². The minimum absolute atomic E-state index is 0.101. The molecule has 1 N–H and O–H groups in total. The van der Waals surface area contributed by atoms with E-state index in [9.17, 15) is 4.79 Å². The van der Waals surface area contributed by atoms with Crippen LogP contribution in [0.4, 0.5) is 5.82 Å². The van der Waals surface area contributed by atoms with Crippen LogP contribution in [-0.4, -0.2) is 15.9 Å². The Kier molecular flexibility index (Phi) is 4.36. The van der Waals surface area contributed by atoms with Crippen LogP contribution >= 0.6 is 45.8 Å². The normalized spacial score (nSPS) is 10.2. The fraction of sp³-hybridized carbons (Fsp3) is 0. The number of hydrogen-bond donors (Lipinski definition) is 1. The summed E-state index contributed by atoms with van der Waals surface area (Å²) < 4.78 is 1.05. The highest BCUT2D eigenvalue weighted by molar-refractivity contribution is 14.1. The molecule has 0 unspecified atom stereocenters. The molecule has 1 aromatic heterocycles. The van der Waals surface area contributed by atoms with E-state index in [0.717, 1.165) is 3.57 Å². The molecule has 0 atom stereocenters. The first-order chi connectivity index (χ1) is 8.58. The zero-order valence-electron chi connectivity index (χ0n) is 8.82. The third-order valence-electron chi connectivity index (χ3n) is 2.09. The number of nitrogens with one attached hydrogen (secondary N) is 1.